The molecule has 4 N–H and O–H groups in total. The summed E-state index contributed by atoms with van der Waals surface area (Å²) in [5, 5.41) is 7.92. The molecule has 0 unspecified atom stereocenters. The van der Waals surface area contributed by atoms with E-state index in [9.17, 15) is 26.4 Å². The maximum Gasteiger partial charge on any atom is 0.296 e. The van der Waals surface area contributed by atoms with Crippen LogP contribution in [0.4, 0.5) is 11.4 Å². The topological polar surface area (TPSA) is 157 Å². The number of anilines is 2. The highest BCUT2D eigenvalue weighted by atomic mass is 32.2. The standard InChI is InChI=1S/C34H40N6O6S2/c1-39(2)29-15-5-13-27-25(29)11-7-17-31(27)47(43,44)37-23-9-21-35-33(41)19-20-34(42)36-22-10-24-38-48(45,46)32-18-8-12-26-28(32)14-6-16-30(26)40(3)4/h5-8,11-18,37-38H,9-10,21-24H2,1-4H3,(H,35,41)(H,36,42). The largest absolute Gasteiger partial charge is 0.377 e. The van der Waals surface area contributed by atoms with Gasteiger partial charge in [0.05, 0.1) is 9.79 Å². The highest BCUT2D eigenvalue weighted by molar-refractivity contribution is 7.90. The van der Waals surface area contributed by atoms with Gasteiger partial charge >= 0.3 is 0 Å². The lowest BCUT2D eigenvalue weighted by atomic mass is 10.1. The molecule has 0 atom stereocenters. The summed E-state index contributed by atoms with van der Waals surface area (Å²) in [5.74, 6) is 3.03. The number of nitrogens with zero attached hydrogens (tertiary/aromatic N) is 2. The minimum absolute atomic E-state index is 0.0850. The van der Waals surface area contributed by atoms with Gasteiger partial charge in [0.2, 0.25) is 20.0 Å². The zero-order valence-corrected chi connectivity index (χ0v) is 29.0. The molecule has 0 aromatic heterocycles. The van der Waals surface area contributed by atoms with Crippen LogP contribution in [0, 0.1) is 11.8 Å². The van der Waals surface area contributed by atoms with Gasteiger partial charge in [-0.1, -0.05) is 48.5 Å². The van der Waals surface area contributed by atoms with Gasteiger partial charge in [0.25, 0.3) is 11.8 Å². The van der Waals surface area contributed by atoms with E-state index in [0.717, 1.165) is 22.1 Å². The van der Waals surface area contributed by atoms with E-state index in [1.807, 2.05) is 74.4 Å². The predicted molar refractivity (Wildman–Crippen MR) is 190 cm³/mol. The average molecular weight is 693 g/mol. The van der Waals surface area contributed by atoms with Crippen LogP contribution in [0.2, 0.25) is 0 Å². The Balaban J connectivity index is 1.17. The minimum atomic E-state index is -3.80. The number of carbonyl (C=O) groups is 2. The van der Waals surface area contributed by atoms with Crippen molar-refractivity contribution in [1.29, 1.82) is 0 Å². The summed E-state index contributed by atoms with van der Waals surface area (Å²) in [6.07, 6.45) is 0.607. The molecule has 254 valence electrons. The Morgan fingerprint density at radius 1 is 0.542 bits per heavy atom. The first-order valence-corrected chi connectivity index (χ1v) is 18.2. The van der Waals surface area contributed by atoms with Crippen molar-refractivity contribution in [2.24, 2.45) is 0 Å². The molecular weight excluding hydrogens is 653 g/mol. The maximum atomic E-state index is 13.0. The molecule has 0 saturated heterocycles. The second-order valence-electron chi connectivity index (χ2n) is 11.3. The van der Waals surface area contributed by atoms with Gasteiger partial charge in [0.1, 0.15) is 0 Å². The molecule has 0 aliphatic heterocycles. The first kappa shape index (κ1) is 36.2. The molecule has 0 saturated carbocycles. The van der Waals surface area contributed by atoms with E-state index in [1.165, 1.54) is 0 Å². The molecule has 14 heteroatoms. The van der Waals surface area contributed by atoms with E-state index in [0.29, 0.717) is 23.6 Å². The Hall–Kier alpha value is -4.68. The van der Waals surface area contributed by atoms with Crippen LogP contribution >= 0.6 is 0 Å². The number of hydrogen-bond acceptors (Lipinski definition) is 8. The van der Waals surface area contributed by atoms with E-state index in [-0.39, 0.29) is 36.0 Å². The number of rotatable bonds is 14. The Bertz CT molecular complexity index is 1940. The Labute approximate surface area is 282 Å². The van der Waals surface area contributed by atoms with Crippen molar-refractivity contribution in [3.63, 3.8) is 0 Å². The number of nitrogens with one attached hydrogen (secondary N) is 4. The molecule has 0 fully saturated rings. The van der Waals surface area contributed by atoms with Crippen molar-refractivity contribution in [3.05, 3.63) is 72.8 Å². The van der Waals surface area contributed by atoms with Gasteiger partial charge in [-0.3, -0.25) is 9.59 Å². The first-order chi connectivity index (χ1) is 22.8. The third kappa shape index (κ3) is 9.02. The van der Waals surface area contributed by atoms with Gasteiger partial charge < -0.3 is 20.4 Å². The van der Waals surface area contributed by atoms with E-state index in [2.05, 4.69) is 31.9 Å². The summed E-state index contributed by atoms with van der Waals surface area (Å²) in [4.78, 5) is 28.3. The zero-order chi connectivity index (χ0) is 34.9. The van der Waals surface area contributed by atoms with E-state index < -0.39 is 31.9 Å². The Kier molecular flexibility index (Phi) is 12.0. The van der Waals surface area contributed by atoms with Crippen LogP contribution in [0.5, 0.6) is 0 Å². The van der Waals surface area contributed by atoms with Crippen LogP contribution in [-0.2, 0) is 29.6 Å². The van der Waals surface area contributed by atoms with Crippen molar-refractivity contribution in [2.75, 3.05) is 64.2 Å². The molecule has 0 aliphatic rings. The number of carbonyl (C=O) groups excluding carboxylic acids is 2. The van der Waals surface area contributed by atoms with Crippen molar-refractivity contribution < 1.29 is 26.4 Å². The van der Waals surface area contributed by atoms with Crippen LogP contribution in [0.1, 0.15) is 12.8 Å². The molecule has 0 radical (unpaired) electrons. The quantitative estimate of drug-likeness (QED) is 0.116. The lowest BCUT2D eigenvalue weighted by molar-refractivity contribution is -0.117. The third-order valence-corrected chi connectivity index (χ3v) is 10.5. The molecule has 48 heavy (non-hydrogen) atoms. The Morgan fingerprint density at radius 2 is 0.896 bits per heavy atom. The molecular formula is C34H40N6O6S2. The number of amides is 2. The lowest BCUT2D eigenvalue weighted by Gasteiger charge is -2.17. The van der Waals surface area contributed by atoms with Gasteiger partial charge in [-0.15, -0.1) is 0 Å². The normalized spacial score (nSPS) is 11.5. The third-order valence-electron chi connectivity index (χ3n) is 7.41. The molecule has 0 bridgehead atoms. The fourth-order valence-electron chi connectivity index (χ4n) is 5.13. The number of sulfonamides is 2. The number of fused-ring (bicyclic) bond motifs is 2. The Morgan fingerprint density at radius 3 is 1.27 bits per heavy atom. The first-order valence-electron chi connectivity index (χ1n) is 15.3. The molecule has 4 aromatic rings. The summed E-state index contributed by atoms with van der Waals surface area (Å²) in [5.41, 5.74) is 1.81. The van der Waals surface area contributed by atoms with Gasteiger partial charge in [0.15, 0.2) is 0 Å². The second kappa shape index (κ2) is 15.9. The van der Waals surface area contributed by atoms with E-state index in [4.69, 9.17) is 0 Å². The number of benzene rings is 4. The average Bonchev–Trinajstić information content (AvgIpc) is 3.05. The highest BCUT2D eigenvalue weighted by Crippen LogP contribution is 2.31. The molecule has 4 aromatic carbocycles. The van der Waals surface area contributed by atoms with Gasteiger partial charge in [-0.2, -0.15) is 0 Å². The van der Waals surface area contributed by atoms with Crippen molar-refractivity contribution in [2.45, 2.75) is 22.6 Å². The molecule has 4 rings (SSSR count). The van der Waals surface area contributed by atoms with Crippen LogP contribution in [0.25, 0.3) is 21.5 Å². The molecule has 12 nitrogen and oxygen atoms in total. The fraction of sp³-hybridized carbons (Fsp3) is 0.294. The van der Waals surface area contributed by atoms with Gasteiger partial charge in [0, 0.05) is 99.1 Å². The van der Waals surface area contributed by atoms with Crippen LogP contribution < -0.4 is 29.9 Å². The highest BCUT2D eigenvalue weighted by Gasteiger charge is 2.19. The molecule has 2 amide bonds. The van der Waals surface area contributed by atoms with Crippen molar-refractivity contribution in [1.82, 2.24) is 20.1 Å². The predicted octanol–water partition coefficient (Wildman–Crippen LogP) is 2.40. The van der Waals surface area contributed by atoms with Crippen LogP contribution in [-0.4, -0.2) is 83.0 Å². The summed E-state index contributed by atoms with van der Waals surface area (Å²) in [6.45, 7) is 0.458. The van der Waals surface area contributed by atoms with Crippen molar-refractivity contribution in [3.8, 4) is 11.8 Å². The summed E-state index contributed by atoms with van der Waals surface area (Å²) < 4.78 is 57.2. The van der Waals surface area contributed by atoms with Crippen molar-refractivity contribution >= 4 is 64.8 Å². The minimum Gasteiger partial charge on any atom is -0.377 e. The SMILES string of the molecule is CN(C)c1cccc2c(S(=O)(=O)NCCCNC(=O)C#CC(=O)NCCCNS(=O)(=O)c3cccc4c(N(C)C)cccc34)cccc12. The molecule has 0 aliphatic carbocycles. The lowest BCUT2D eigenvalue weighted by Crippen LogP contribution is -2.30. The fourth-order valence-corrected chi connectivity index (χ4v) is 7.72. The summed E-state index contributed by atoms with van der Waals surface area (Å²) in [6, 6.07) is 21.3. The maximum absolute atomic E-state index is 13.0. The van der Waals surface area contributed by atoms with Crippen LogP contribution in [0.3, 0.4) is 0 Å². The zero-order valence-electron chi connectivity index (χ0n) is 27.3. The van der Waals surface area contributed by atoms with E-state index in [1.54, 1.807) is 36.4 Å². The molecule has 0 heterocycles. The smallest absolute Gasteiger partial charge is 0.296 e. The molecule has 0 spiro atoms. The van der Waals surface area contributed by atoms with Crippen LogP contribution in [0.15, 0.2) is 82.6 Å². The summed E-state index contributed by atoms with van der Waals surface area (Å²) >= 11 is 0. The number of hydrogen-bond donors (Lipinski definition) is 4. The monoisotopic (exact) mass is 692 g/mol. The van der Waals surface area contributed by atoms with Gasteiger partial charge in [-0.25, -0.2) is 26.3 Å². The van der Waals surface area contributed by atoms with E-state index >= 15 is 0 Å². The van der Waals surface area contributed by atoms with Gasteiger partial charge in [-0.05, 0) is 37.1 Å². The second-order valence-corrected chi connectivity index (χ2v) is 14.8. The summed E-state index contributed by atoms with van der Waals surface area (Å²) in [7, 11) is -0.0326.